The Balaban J connectivity index is 2.26. The number of amides is 1. The second kappa shape index (κ2) is 7.11. The van der Waals surface area contributed by atoms with Gasteiger partial charge in [-0.2, -0.15) is 0 Å². The molecule has 18 heavy (non-hydrogen) atoms. The minimum atomic E-state index is -0.957. The van der Waals surface area contributed by atoms with E-state index >= 15 is 0 Å². The molecular formula is C13H15NO4. The summed E-state index contributed by atoms with van der Waals surface area (Å²) in [4.78, 5) is 21.8. The van der Waals surface area contributed by atoms with Crippen molar-refractivity contribution in [3.63, 3.8) is 0 Å². The van der Waals surface area contributed by atoms with Crippen LogP contribution >= 0.6 is 0 Å². The maximum Gasteiger partial charge on any atom is 0.412 e. The number of carboxylic acids is 1. The Morgan fingerprint density at radius 2 is 2.00 bits per heavy atom. The van der Waals surface area contributed by atoms with Crippen molar-refractivity contribution in [3.8, 4) is 5.75 Å². The lowest BCUT2D eigenvalue weighted by Gasteiger charge is -2.05. The second-order valence-electron chi connectivity index (χ2n) is 3.61. The van der Waals surface area contributed by atoms with Crippen LogP contribution in [0.5, 0.6) is 5.75 Å². The van der Waals surface area contributed by atoms with Crippen LogP contribution in [-0.4, -0.2) is 23.7 Å². The lowest BCUT2D eigenvalue weighted by Crippen LogP contribution is -2.27. The van der Waals surface area contributed by atoms with E-state index in [1.807, 2.05) is 6.07 Å². The number of para-hydroxylation sites is 1. The Morgan fingerprint density at radius 1 is 1.33 bits per heavy atom. The summed E-state index contributed by atoms with van der Waals surface area (Å²) in [6.07, 6.45) is 1.44. The summed E-state index contributed by atoms with van der Waals surface area (Å²) < 4.78 is 4.98. The van der Waals surface area contributed by atoms with Crippen LogP contribution in [0.25, 0.3) is 0 Å². The number of nitrogens with one attached hydrogen (secondary N) is 1. The highest BCUT2D eigenvalue weighted by atomic mass is 16.6. The van der Waals surface area contributed by atoms with Gasteiger partial charge in [0.1, 0.15) is 5.75 Å². The fourth-order valence-electron chi connectivity index (χ4n) is 1.18. The Kier molecular flexibility index (Phi) is 5.44. The summed E-state index contributed by atoms with van der Waals surface area (Å²) >= 11 is 0. The molecule has 1 rings (SSSR count). The molecule has 5 heteroatoms. The standard InChI is InChI=1S/C13H15NO4/c1-10(12(15)16)6-5-9-14-13(17)18-11-7-3-2-4-8-11/h2-4,6-8H,5,9H2,1H3,(H,14,17)(H,15,16)/b10-6+. The van der Waals surface area contributed by atoms with Crippen LogP contribution < -0.4 is 10.1 Å². The Hall–Kier alpha value is -2.30. The maximum atomic E-state index is 11.3. The van der Waals surface area contributed by atoms with E-state index in [1.54, 1.807) is 30.3 Å². The average molecular weight is 249 g/mol. The highest BCUT2D eigenvalue weighted by molar-refractivity contribution is 5.85. The molecule has 0 bridgehead atoms. The first-order valence-electron chi connectivity index (χ1n) is 5.50. The maximum absolute atomic E-state index is 11.3. The molecule has 96 valence electrons. The number of ether oxygens (including phenoxy) is 1. The molecule has 1 amide bonds. The third kappa shape index (κ3) is 5.16. The van der Waals surface area contributed by atoms with Crippen LogP contribution in [0.4, 0.5) is 4.79 Å². The number of benzene rings is 1. The van der Waals surface area contributed by atoms with Crippen molar-refractivity contribution in [2.75, 3.05) is 6.54 Å². The molecule has 0 radical (unpaired) electrons. The molecule has 0 aliphatic heterocycles. The summed E-state index contributed by atoms with van der Waals surface area (Å²) in [5.74, 6) is -0.492. The third-order valence-electron chi connectivity index (χ3n) is 2.16. The highest BCUT2D eigenvalue weighted by Crippen LogP contribution is 2.07. The van der Waals surface area contributed by atoms with E-state index in [2.05, 4.69) is 5.32 Å². The van der Waals surface area contributed by atoms with Crippen molar-refractivity contribution in [1.82, 2.24) is 5.32 Å². The molecule has 0 unspecified atom stereocenters. The van der Waals surface area contributed by atoms with E-state index in [1.165, 1.54) is 6.92 Å². The first-order valence-corrected chi connectivity index (χ1v) is 5.50. The van der Waals surface area contributed by atoms with Crippen LogP contribution in [0, 0.1) is 0 Å². The lowest BCUT2D eigenvalue weighted by molar-refractivity contribution is -0.132. The molecule has 0 spiro atoms. The SMILES string of the molecule is C/C(=C\CCNC(=O)Oc1ccccc1)C(=O)O. The van der Waals surface area contributed by atoms with Gasteiger partial charge in [0.05, 0.1) is 0 Å². The highest BCUT2D eigenvalue weighted by Gasteiger charge is 2.02. The first kappa shape index (κ1) is 13.8. The zero-order chi connectivity index (χ0) is 13.4. The summed E-state index contributed by atoms with van der Waals surface area (Å²) in [6.45, 7) is 1.83. The molecule has 0 heterocycles. The molecule has 0 saturated carbocycles. The van der Waals surface area contributed by atoms with Crippen LogP contribution in [0.2, 0.25) is 0 Å². The zero-order valence-electron chi connectivity index (χ0n) is 10.1. The molecule has 0 atom stereocenters. The van der Waals surface area contributed by atoms with E-state index in [4.69, 9.17) is 9.84 Å². The smallest absolute Gasteiger partial charge is 0.412 e. The number of hydrogen-bond donors (Lipinski definition) is 2. The minimum Gasteiger partial charge on any atom is -0.478 e. The van der Waals surface area contributed by atoms with Crippen LogP contribution in [-0.2, 0) is 4.79 Å². The lowest BCUT2D eigenvalue weighted by atomic mass is 10.2. The van der Waals surface area contributed by atoms with Gasteiger partial charge in [-0.25, -0.2) is 9.59 Å². The van der Waals surface area contributed by atoms with Gasteiger partial charge in [-0.3, -0.25) is 0 Å². The topological polar surface area (TPSA) is 75.6 Å². The molecule has 1 aromatic rings. The minimum absolute atomic E-state index is 0.258. The van der Waals surface area contributed by atoms with E-state index < -0.39 is 12.1 Å². The van der Waals surface area contributed by atoms with Crippen LogP contribution in [0.15, 0.2) is 42.0 Å². The predicted octanol–water partition coefficient (Wildman–Crippen LogP) is 2.20. The molecular weight excluding hydrogens is 234 g/mol. The van der Waals surface area contributed by atoms with Crippen molar-refractivity contribution < 1.29 is 19.4 Å². The number of carboxylic acid groups (broad SMARTS) is 1. The average Bonchev–Trinajstić information content (AvgIpc) is 2.35. The molecule has 1 aromatic carbocycles. The van der Waals surface area contributed by atoms with Crippen molar-refractivity contribution in [1.29, 1.82) is 0 Å². The van der Waals surface area contributed by atoms with Gasteiger partial charge < -0.3 is 15.2 Å². The molecule has 0 aliphatic rings. The predicted molar refractivity (Wildman–Crippen MR) is 66.5 cm³/mol. The molecule has 0 fully saturated rings. The van der Waals surface area contributed by atoms with Gasteiger partial charge in [0, 0.05) is 12.1 Å². The Labute approximate surface area is 105 Å². The van der Waals surface area contributed by atoms with Crippen molar-refractivity contribution >= 4 is 12.1 Å². The molecule has 2 N–H and O–H groups in total. The van der Waals surface area contributed by atoms with Gasteiger partial charge >= 0.3 is 12.1 Å². The van der Waals surface area contributed by atoms with Crippen molar-refractivity contribution in [2.24, 2.45) is 0 Å². The van der Waals surface area contributed by atoms with Gasteiger partial charge in [0.2, 0.25) is 0 Å². The number of rotatable bonds is 5. The molecule has 0 aromatic heterocycles. The zero-order valence-corrected chi connectivity index (χ0v) is 10.1. The van der Waals surface area contributed by atoms with Crippen molar-refractivity contribution in [2.45, 2.75) is 13.3 Å². The molecule has 0 saturated heterocycles. The second-order valence-corrected chi connectivity index (χ2v) is 3.61. The summed E-state index contributed by atoms with van der Waals surface area (Å²) in [6, 6.07) is 8.70. The third-order valence-corrected chi connectivity index (χ3v) is 2.16. The van der Waals surface area contributed by atoms with Gasteiger partial charge in [0.25, 0.3) is 0 Å². The normalized spacial score (nSPS) is 10.8. The van der Waals surface area contributed by atoms with E-state index in [0.717, 1.165) is 0 Å². The largest absolute Gasteiger partial charge is 0.478 e. The number of hydrogen-bond acceptors (Lipinski definition) is 3. The molecule has 0 aliphatic carbocycles. The first-order chi connectivity index (χ1) is 8.59. The van der Waals surface area contributed by atoms with Gasteiger partial charge in [-0.15, -0.1) is 0 Å². The Bertz CT molecular complexity index is 440. The number of carbonyl (C=O) groups excluding carboxylic acids is 1. The fourth-order valence-corrected chi connectivity index (χ4v) is 1.18. The molecule has 5 nitrogen and oxygen atoms in total. The monoisotopic (exact) mass is 249 g/mol. The number of carbonyl (C=O) groups is 2. The van der Waals surface area contributed by atoms with E-state index in [0.29, 0.717) is 18.7 Å². The van der Waals surface area contributed by atoms with Crippen molar-refractivity contribution in [3.05, 3.63) is 42.0 Å². The summed E-state index contributed by atoms with van der Waals surface area (Å²) in [5.41, 5.74) is 0.258. The van der Waals surface area contributed by atoms with Gasteiger partial charge in [-0.05, 0) is 25.5 Å². The van der Waals surface area contributed by atoms with E-state index in [9.17, 15) is 9.59 Å². The summed E-state index contributed by atoms with van der Waals surface area (Å²) in [7, 11) is 0. The van der Waals surface area contributed by atoms with Gasteiger partial charge in [0.15, 0.2) is 0 Å². The fraction of sp³-hybridized carbons (Fsp3) is 0.231. The van der Waals surface area contributed by atoms with Gasteiger partial charge in [-0.1, -0.05) is 24.3 Å². The van der Waals surface area contributed by atoms with Crippen LogP contribution in [0.3, 0.4) is 0 Å². The summed E-state index contributed by atoms with van der Waals surface area (Å²) in [5, 5.41) is 11.1. The quantitative estimate of drug-likeness (QED) is 0.619. The Morgan fingerprint density at radius 3 is 2.61 bits per heavy atom. The van der Waals surface area contributed by atoms with Crippen LogP contribution in [0.1, 0.15) is 13.3 Å². The van der Waals surface area contributed by atoms with E-state index in [-0.39, 0.29) is 5.57 Å². The number of aliphatic carboxylic acids is 1.